The summed E-state index contributed by atoms with van der Waals surface area (Å²) in [6, 6.07) is 7.25. The molecule has 32 heavy (non-hydrogen) atoms. The molecule has 0 aliphatic heterocycles. The molecule has 1 aromatic carbocycles. The average Bonchev–Trinajstić information content (AvgIpc) is 2.74. The first kappa shape index (κ1) is 26.9. The van der Waals surface area contributed by atoms with Crippen molar-refractivity contribution >= 4 is 53.4 Å². The van der Waals surface area contributed by atoms with E-state index in [0.717, 1.165) is 24.8 Å². The van der Waals surface area contributed by atoms with Gasteiger partial charge < -0.3 is 27.6 Å². The van der Waals surface area contributed by atoms with Crippen LogP contribution in [0.15, 0.2) is 29.3 Å². The van der Waals surface area contributed by atoms with Gasteiger partial charge in [0.2, 0.25) is 0 Å². The van der Waals surface area contributed by atoms with Crippen LogP contribution >= 0.6 is 24.0 Å². The van der Waals surface area contributed by atoms with Gasteiger partial charge in [-0.05, 0) is 37.0 Å². The van der Waals surface area contributed by atoms with Crippen LogP contribution in [0.3, 0.4) is 0 Å². The van der Waals surface area contributed by atoms with Crippen molar-refractivity contribution in [2.45, 2.75) is 19.3 Å². The Kier molecular flexibility index (Phi) is 11.2. The Hall–Kier alpha value is -3.15. The number of aliphatic hydroxyl groups is 1. The number of unbranched alkanes of at least 4 members (excludes halogenated alkanes) is 1. The van der Waals surface area contributed by atoms with E-state index in [2.05, 4.69) is 25.6 Å². The van der Waals surface area contributed by atoms with E-state index in [0.29, 0.717) is 12.1 Å². The maximum absolute atomic E-state index is 12.2. The van der Waals surface area contributed by atoms with Crippen molar-refractivity contribution in [2.24, 2.45) is 10.7 Å². The van der Waals surface area contributed by atoms with Gasteiger partial charge in [0, 0.05) is 18.7 Å². The number of carbonyl (C=O) groups is 2. The number of halogens is 2. The minimum absolute atomic E-state index is 0. The third-order valence-corrected chi connectivity index (χ3v) is 4.41. The number of hydrogen-bond acceptors (Lipinski definition) is 8. The molecule has 11 nitrogen and oxygen atoms in total. The molecule has 0 radical (unpaired) electrons. The molecule has 2 rings (SSSR count). The summed E-state index contributed by atoms with van der Waals surface area (Å²) in [6.07, 6.45) is 2.38. The standard InChI is InChI=1S/C19H25ClN8O3.ClH/c20-14-16(22)27-15(21)13(26-14)18(31)28-19(23)25-8-2-1-3-11-4-6-12(7-5-11)17(30)24-9-10-29;/h4-7,29H,1-3,8-10H2,(H,24,30)(H4,21,22,27)(H3,23,25,28,31);1H. The monoisotopic (exact) mass is 484 g/mol. The maximum Gasteiger partial charge on any atom is 0.280 e. The van der Waals surface area contributed by atoms with E-state index in [9.17, 15) is 9.59 Å². The van der Waals surface area contributed by atoms with E-state index >= 15 is 0 Å². The van der Waals surface area contributed by atoms with E-state index in [1.54, 1.807) is 12.1 Å². The predicted octanol–water partition coefficient (Wildman–Crippen LogP) is 0.506. The van der Waals surface area contributed by atoms with Crippen LogP contribution in [0.5, 0.6) is 0 Å². The number of nitrogens with one attached hydrogen (secondary N) is 2. The molecule has 0 fully saturated rings. The smallest absolute Gasteiger partial charge is 0.280 e. The maximum atomic E-state index is 12.2. The normalized spacial score (nSPS) is 10.9. The van der Waals surface area contributed by atoms with Crippen molar-refractivity contribution < 1.29 is 14.7 Å². The Morgan fingerprint density at radius 1 is 1.06 bits per heavy atom. The first-order chi connectivity index (χ1) is 14.8. The lowest BCUT2D eigenvalue weighted by Crippen LogP contribution is -2.38. The number of rotatable bonds is 9. The molecule has 0 saturated heterocycles. The summed E-state index contributed by atoms with van der Waals surface area (Å²) < 4.78 is 0. The van der Waals surface area contributed by atoms with E-state index in [1.165, 1.54) is 0 Å². The van der Waals surface area contributed by atoms with Gasteiger partial charge in [-0.3, -0.25) is 19.9 Å². The van der Waals surface area contributed by atoms with Crippen LogP contribution in [0.2, 0.25) is 5.15 Å². The molecular formula is C19H26Cl2N8O3. The number of aryl methyl sites for hydroxylation is 1. The van der Waals surface area contributed by atoms with Gasteiger partial charge in [0.05, 0.1) is 6.61 Å². The van der Waals surface area contributed by atoms with Crippen molar-refractivity contribution in [3.05, 3.63) is 46.2 Å². The summed E-state index contributed by atoms with van der Waals surface area (Å²) >= 11 is 5.75. The molecular weight excluding hydrogens is 459 g/mol. The molecule has 0 spiro atoms. The Balaban J connectivity index is 0.00000512. The molecule has 174 valence electrons. The molecule has 0 aliphatic rings. The number of aromatic nitrogens is 2. The van der Waals surface area contributed by atoms with Crippen molar-refractivity contribution in [1.82, 2.24) is 20.6 Å². The van der Waals surface area contributed by atoms with E-state index < -0.39 is 5.91 Å². The van der Waals surface area contributed by atoms with Gasteiger partial charge in [0.15, 0.2) is 28.4 Å². The molecule has 13 heteroatoms. The van der Waals surface area contributed by atoms with Crippen LogP contribution in [0, 0.1) is 0 Å². The van der Waals surface area contributed by atoms with Gasteiger partial charge in [-0.1, -0.05) is 23.7 Å². The second-order valence-corrected chi connectivity index (χ2v) is 6.85. The summed E-state index contributed by atoms with van der Waals surface area (Å²) in [5.41, 5.74) is 18.2. The van der Waals surface area contributed by atoms with Gasteiger partial charge >= 0.3 is 0 Å². The molecule has 0 aliphatic carbocycles. The first-order valence-corrected chi connectivity index (χ1v) is 9.87. The van der Waals surface area contributed by atoms with Crippen LogP contribution in [0.25, 0.3) is 0 Å². The van der Waals surface area contributed by atoms with Crippen LogP contribution < -0.4 is 27.8 Å². The first-order valence-electron chi connectivity index (χ1n) is 9.49. The zero-order valence-electron chi connectivity index (χ0n) is 17.2. The zero-order chi connectivity index (χ0) is 22.8. The number of hydrogen-bond donors (Lipinski definition) is 6. The van der Waals surface area contributed by atoms with Gasteiger partial charge in [-0.25, -0.2) is 9.97 Å². The quantitative estimate of drug-likeness (QED) is 0.168. The molecule has 1 heterocycles. The number of anilines is 2. The summed E-state index contributed by atoms with van der Waals surface area (Å²) in [5.74, 6) is -1.21. The van der Waals surface area contributed by atoms with Gasteiger partial charge in [0.25, 0.3) is 11.8 Å². The summed E-state index contributed by atoms with van der Waals surface area (Å²) in [7, 11) is 0. The number of amides is 2. The number of carbonyl (C=O) groups excluding carboxylic acids is 2. The summed E-state index contributed by atoms with van der Waals surface area (Å²) in [6.45, 7) is 0.537. The number of aliphatic imine (C=N–C) groups is 1. The van der Waals surface area contributed by atoms with Crippen LogP contribution in [-0.2, 0) is 6.42 Å². The SMILES string of the molecule is Cl.NC(=NCCCCc1ccc(C(=O)NCCO)cc1)NC(=O)c1nc(Cl)c(N)nc1N. The van der Waals surface area contributed by atoms with Crippen molar-refractivity contribution in [2.75, 3.05) is 31.2 Å². The largest absolute Gasteiger partial charge is 0.395 e. The van der Waals surface area contributed by atoms with Crippen LogP contribution in [-0.4, -0.2) is 52.5 Å². The fourth-order valence-corrected chi connectivity index (χ4v) is 2.69. The summed E-state index contributed by atoms with van der Waals surface area (Å²) in [4.78, 5) is 35.6. The van der Waals surface area contributed by atoms with Crippen molar-refractivity contribution in [3.63, 3.8) is 0 Å². The minimum atomic E-state index is -0.684. The molecule has 2 amide bonds. The average molecular weight is 485 g/mol. The fourth-order valence-electron chi connectivity index (χ4n) is 2.56. The van der Waals surface area contributed by atoms with Gasteiger partial charge in [-0.2, -0.15) is 0 Å². The molecule has 0 saturated carbocycles. The number of nitrogen functional groups attached to an aromatic ring is 2. The molecule has 1 aromatic heterocycles. The molecule has 0 atom stereocenters. The summed E-state index contributed by atoms with van der Waals surface area (Å²) in [5, 5.41) is 13.6. The number of benzene rings is 1. The molecule has 9 N–H and O–H groups in total. The Labute approximate surface area is 196 Å². The molecule has 0 bridgehead atoms. The highest BCUT2D eigenvalue weighted by Crippen LogP contribution is 2.17. The van der Waals surface area contributed by atoms with E-state index in [4.69, 9.17) is 33.9 Å². The number of nitrogens with zero attached hydrogens (tertiary/aromatic N) is 3. The third kappa shape index (κ3) is 8.17. The Morgan fingerprint density at radius 3 is 2.41 bits per heavy atom. The highest BCUT2D eigenvalue weighted by molar-refractivity contribution is 6.31. The van der Waals surface area contributed by atoms with Gasteiger partial charge in [-0.15, -0.1) is 12.4 Å². The lowest BCUT2D eigenvalue weighted by Gasteiger charge is -2.07. The van der Waals surface area contributed by atoms with Crippen LogP contribution in [0.1, 0.15) is 39.3 Å². The fraction of sp³-hybridized carbons (Fsp3) is 0.316. The Morgan fingerprint density at radius 2 is 1.75 bits per heavy atom. The van der Waals surface area contributed by atoms with Crippen molar-refractivity contribution in [3.8, 4) is 0 Å². The van der Waals surface area contributed by atoms with Gasteiger partial charge in [0.1, 0.15) is 0 Å². The number of nitrogens with two attached hydrogens (primary N) is 3. The van der Waals surface area contributed by atoms with Crippen LogP contribution in [0.4, 0.5) is 11.6 Å². The second kappa shape index (κ2) is 13.3. The second-order valence-electron chi connectivity index (χ2n) is 6.49. The lowest BCUT2D eigenvalue weighted by atomic mass is 10.1. The van der Waals surface area contributed by atoms with Crippen molar-refractivity contribution in [1.29, 1.82) is 0 Å². The highest BCUT2D eigenvalue weighted by Gasteiger charge is 2.16. The van der Waals surface area contributed by atoms with E-state index in [1.807, 2.05) is 12.1 Å². The highest BCUT2D eigenvalue weighted by atomic mass is 35.5. The third-order valence-electron chi connectivity index (χ3n) is 4.13. The zero-order valence-corrected chi connectivity index (χ0v) is 18.7. The number of aliphatic hydroxyl groups excluding tert-OH is 1. The van der Waals surface area contributed by atoms with E-state index in [-0.39, 0.29) is 59.9 Å². The predicted molar refractivity (Wildman–Crippen MR) is 126 cm³/mol. The lowest BCUT2D eigenvalue weighted by molar-refractivity contribution is 0.0942. The number of guanidine groups is 1. The molecule has 0 unspecified atom stereocenters. The molecule has 2 aromatic rings. The minimum Gasteiger partial charge on any atom is -0.395 e. The topological polar surface area (TPSA) is 195 Å². The Bertz CT molecular complexity index is 954.